The molecule has 18 heavy (non-hydrogen) atoms. The fourth-order valence-electron chi connectivity index (χ4n) is 2.61. The molecule has 0 bridgehead atoms. The number of aliphatic hydroxyl groups excluding tert-OH is 1. The van der Waals surface area contributed by atoms with Gasteiger partial charge in [0.2, 0.25) is 0 Å². The van der Waals surface area contributed by atoms with E-state index in [9.17, 15) is 19.5 Å². The molecule has 2 unspecified atom stereocenters. The molecule has 0 spiro atoms. The molecule has 0 saturated heterocycles. The van der Waals surface area contributed by atoms with Crippen LogP contribution in [0, 0.1) is 16.7 Å². The van der Waals surface area contributed by atoms with Crippen LogP contribution in [-0.4, -0.2) is 29.6 Å². The summed E-state index contributed by atoms with van der Waals surface area (Å²) >= 11 is 0. The van der Waals surface area contributed by atoms with Crippen LogP contribution in [0.1, 0.15) is 47.5 Å². The second kappa shape index (κ2) is 6.23. The van der Waals surface area contributed by atoms with Crippen molar-refractivity contribution < 1.29 is 19.5 Å². The molecule has 0 aromatic carbocycles. The SMILES string of the molecule is CCC(=O)C(C(C)(C=O)CO)C(C)(C)C(=O)CC. The summed E-state index contributed by atoms with van der Waals surface area (Å²) in [5, 5.41) is 9.42. The van der Waals surface area contributed by atoms with Crippen LogP contribution in [0.3, 0.4) is 0 Å². The predicted molar refractivity (Wildman–Crippen MR) is 69.1 cm³/mol. The minimum absolute atomic E-state index is 0.0733. The molecular formula is C14H24O4. The Labute approximate surface area is 109 Å². The molecule has 0 amide bonds. The van der Waals surface area contributed by atoms with E-state index in [-0.39, 0.29) is 18.0 Å². The molecule has 0 aliphatic carbocycles. The Hall–Kier alpha value is -1.03. The lowest BCUT2D eigenvalue weighted by atomic mass is 9.60. The van der Waals surface area contributed by atoms with Crippen LogP contribution in [0.25, 0.3) is 0 Å². The average Bonchev–Trinajstić information content (AvgIpc) is 2.36. The highest BCUT2D eigenvalue weighted by Crippen LogP contribution is 2.41. The summed E-state index contributed by atoms with van der Waals surface area (Å²) in [6.45, 7) is 7.87. The van der Waals surface area contributed by atoms with Crippen LogP contribution in [0.4, 0.5) is 0 Å². The second-order valence-electron chi connectivity index (χ2n) is 5.53. The number of rotatable bonds is 8. The molecule has 0 saturated carbocycles. The number of aldehydes is 1. The van der Waals surface area contributed by atoms with Crippen molar-refractivity contribution in [2.45, 2.75) is 47.5 Å². The number of aliphatic hydroxyl groups is 1. The van der Waals surface area contributed by atoms with Gasteiger partial charge in [-0.3, -0.25) is 9.59 Å². The van der Waals surface area contributed by atoms with Gasteiger partial charge >= 0.3 is 0 Å². The van der Waals surface area contributed by atoms with E-state index in [4.69, 9.17) is 0 Å². The molecule has 4 heteroatoms. The quantitative estimate of drug-likeness (QED) is 0.672. The molecule has 4 nitrogen and oxygen atoms in total. The minimum atomic E-state index is -1.21. The third-order valence-corrected chi connectivity index (χ3v) is 3.70. The average molecular weight is 256 g/mol. The number of hydrogen-bond acceptors (Lipinski definition) is 4. The van der Waals surface area contributed by atoms with Crippen LogP contribution in [0.5, 0.6) is 0 Å². The fourth-order valence-corrected chi connectivity index (χ4v) is 2.61. The van der Waals surface area contributed by atoms with Gasteiger partial charge in [0, 0.05) is 24.2 Å². The van der Waals surface area contributed by atoms with Crippen molar-refractivity contribution in [3.8, 4) is 0 Å². The lowest BCUT2D eigenvalue weighted by molar-refractivity contribution is -0.148. The number of ketones is 2. The van der Waals surface area contributed by atoms with Gasteiger partial charge in [-0.05, 0) is 6.92 Å². The summed E-state index contributed by atoms with van der Waals surface area (Å²) < 4.78 is 0. The Bertz CT molecular complexity index is 333. The van der Waals surface area contributed by atoms with Gasteiger partial charge in [0.25, 0.3) is 0 Å². The Balaban J connectivity index is 5.71. The molecule has 0 aliphatic heterocycles. The molecule has 0 aromatic heterocycles. The van der Waals surface area contributed by atoms with Crippen molar-refractivity contribution in [2.24, 2.45) is 16.7 Å². The zero-order valence-electron chi connectivity index (χ0n) is 11.9. The summed E-state index contributed by atoms with van der Waals surface area (Å²) in [4.78, 5) is 35.4. The molecule has 0 radical (unpaired) electrons. The predicted octanol–water partition coefficient (Wildman–Crippen LogP) is 1.78. The molecule has 104 valence electrons. The maximum Gasteiger partial charge on any atom is 0.138 e. The van der Waals surface area contributed by atoms with E-state index in [0.717, 1.165) is 0 Å². The first-order chi connectivity index (χ1) is 8.21. The Kier molecular flexibility index (Phi) is 5.87. The highest BCUT2D eigenvalue weighted by molar-refractivity contribution is 5.94. The summed E-state index contributed by atoms with van der Waals surface area (Å²) in [7, 11) is 0. The Morgan fingerprint density at radius 3 is 1.94 bits per heavy atom. The molecular weight excluding hydrogens is 232 g/mol. The molecule has 0 aromatic rings. The number of carbonyl (C=O) groups is 3. The maximum absolute atomic E-state index is 12.1. The second-order valence-corrected chi connectivity index (χ2v) is 5.53. The van der Waals surface area contributed by atoms with Gasteiger partial charge in [0.05, 0.1) is 12.0 Å². The zero-order chi connectivity index (χ0) is 14.6. The monoisotopic (exact) mass is 256 g/mol. The van der Waals surface area contributed by atoms with Crippen molar-refractivity contribution in [3.63, 3.8) is 0 Å². The van der Waals surface area contributed by atoms with Gasteiger partial charge < -0.3 is 9.90 Å². The van der Waals surface area contributed by atoms with Crippen LogP contribution < -0.4 is 0 Å². The number of hydrogen-bond donors (Lipinski definition) is 1. The summed E-state index contributed by atoms with van der Waals surface area (Å²) in [6, 6.07) is 0. The minimum Gasteiger partial charge on any atom is -0.395 e. The standard InChI is InChI=1S/C14H24O4/c1-6-10(17)12(14(5,8-15)9-16)13(3,4)11(18)7-2/h8,12,16H,6-7,9H2,1-5H3. The molecule has 0 heterocycles. The van der Waals surface area contributed by atoms with Crippen LogP contribution in [-0.2, 0) is 14.4 Å². The highest BCUT2D eigenvalue weighted by atomic mass is 16.3. The normalized spacial score (nSPS) is 16.8. The molecule has 1 N–H and O–H groups in total. The van der Waals surface area contributed by atoms with Gasteiger partial charge in [-0.25, -0.2) is 0 Å². The van der Waals surface area contributed by atoms with Gasteiger partial charge in [-0.1, -0.05) is 27.7 Å². The van der Waals surface area contributed by atoms with Crippen LogP contribution in [0.15, 0.2) is 0 Å². The lowest BCUT2D eigenvalue weighted by Crippen LogP contribution is -2.49. The molecule has 0 rings (SSSR count). The van der Waals surface area contributed by atoms with Crippen molar-refractivity contribution in [1.82, 2.24) is 0 Å². The van der Waals surface area contributed by atoms with E-state index in [1.54, 1.807) is 27.7 Å². The fraction of sp³-hybridized carbons (Fsp3) is 0.786. The van der Waals surface area contributed by atoms with Crippen molar-refractivity contribution in [3.05, 3.63) is 0 Å². The maximum atomic E-state index is 12.1. The molecule has 2 atom stereocenters. The Morgan fingerprint density at radius 1 is 1.17 bits per heavy atom. The summed E-state index contributed by atoms with van der Waals surface area (Å²) in [6.07, 6.45) is 1.14. The van der Waals surface area contributed by atoms with Gasteiger partial charge in [0.1, 0.15) is 17.9 Å². The van der Waals surface area contributed by atoms with E-state index in [1.165, 1.54) is 6.92 Å². The molecule has 0 aliphatic rings. The summed E-state index contributed by atoms with van der Waals surface area (Å²) in [5.74, 6) is -1.02. The van der Waals surface area contributed by atoms with Gasteiger partial charge in [-0.15, -0.1) is 0 Å². The first-order valence-corrected chi connectivity index (χ1v) is 6.34. The zero-order valence-corrected chi connectivity index (χ0v) is 11.9. The smallest absolute Gasteiger partial charge is 0.138 e. The van der Waals surface area contributed by atoms with E-state index in [1.807, 2.05) is 0 Å². The van der Waals surface area contributed by atoms with Crippen molar-refractivity contribution >= 4 is 17.9 Å². The first kappa shape index (κ1) is 17.0. The van der Waals surface area contributed by atoms with Crippen molar-refractivity contribution in [1.29, 1.82) is 0 Å². The number of Topliss-reactive ketones (excluding diaryl/α,β-unsaturated/α-hetero) is 2. The van der Waals surface area contributed by atoms with E-state index in [2.05, 4.69) is 0 Å². The largest absolute Gasteiger partial charge is 0.395 e. The summed E-state index contributed by atoms with van der Waals surface area (Å²) in [5.41, 5.74) is -2.15. The van der Waals surface area contributed by atoms with Crippen LogP contribution in [0.2, 0.25) is 0 Å². The van der Waals surface area contributed by atoms with Crippen LogP contribution >= 0.6 is 0 Å². The van der Waals surface area contributed by atoms with E-state index < -0.39 is 23.4 Å². The van der Waals surface area contributed by atoms with E-state index >= 15 is 0 Å². The molecule has 0 fully saturated rings. The third kappa shape index (κ3) is 3.05. The van der Waals surface area contributed by atoms with E-state index in [0.29, 0.717) is 12.7 Å². The topological polar surface area (TPSA) is 71.4 Å². The van der Waals surface area contributed by atoms with Gasteiger partial charge in [-0.2, -0.15) is 0 Å². The van der Waals surface area contributed by atoms with Gasteiger partial charge in [0.15, 0.2) is 0 Å². The first-order valence-electron chi connectivity index (χ1n) is 6.34. The van der Waals surface area contributed by atoms with Crippen molar-refractivity contribution in [2.75, 3.05) is 6.61 Å². The lowest BCUT2D eigenvalue weighted by Gasteiger charge is -2.40. The Morgan fingerprint density at radius 2 is 1.67 bits per heavy atom. The third-order valence-electron chi connectivity index (χ3n) is 3.70. The highest BCUT2D eigenvalue weighted by Gasteiger charge is 2.49. The number of carbonyl (C=O) groups excluding carboxylic acids is 3.